The summed E-state index contributed by atoms with van der Waals surface area (Å²) in [6, 6.07) is 0. The van der Waals surface area contributed by atoms with Crippen molar-refractivity contribution in [2.24, 2.45) is 5.92 Å². The first-order chi connectivity index (χ1) is 5.61. The van der Waals surface area contributed by atoms with Crippen molar-refractivity contribution in [2.75, 3.05) is 7.11 Å². The Morgan fingerprint density at radius 3 is 2.67 bits per heavy atom. The lowest BCUT2D eigenvalue weighted by Crippen LogP contribution is -2.14. The van der Waals surface area contributed by atoms with E-state index in [1.165, 1.54) is 13.2 Å². The van der Waals surface area contributed by atoms with Crippen LogP contribution in [0.1, 0.15) is 20.3 Å². The first-order valence-corrected chi connectivity index (χ1v) is 4.06. The fourth-order valence-electron chi connectivity index (χ4n) is 0.798. The number of aliphatic hydroxyl groups is 1. The number of ether oxygens (including phenoxy) is 1. The third-order valence-electron chi connectivity index (χ3n) is 1.76. The van der Waals surface area contributed by atoms with Gasteiger partial charge in [0.25, 0.3) is 0 Å². The Bertz CT molecular complexity index is 163. The van der Waals surface area contributed by atoms with Crippen LogP contribution in [0, 0.1) is 5.92 Å². The molecule has 0 aromatic heterocycles. The number of aliphatic hydroxyl groups excluding tert-OH is 1. The van der Waals surface area contributed by atoms with Crippen LogP contribution >= 0.6 is 0 Å². The van der Waals surface area contributed by atoms with E-state index in [-0.39, 0.29) is 18.0 Å². The molecular formula is C9H16O3. The fraction of sp³-hybridized carbons (Fsp3) is 0.667. The Morgan fingerprint density at radius 2 is 2.25 bits per heavy atom. The van der Waals surface area contributed by atoms with Crippen LogP contribution in [-0.2, 0) is 9.53 Å². The molecule has 3 nitrogen and oxygen atoms in total. The minimum absolute atomic E-state index is 0.00546. The first kappa shape index (κ1) is 11.2. The molecule has 12 heavy (non-hydrogen) atoms. The SMILES string of the molecule is CC[C@@H](O)[C@@H](C)/C=C/C(=O)OC. The molecule has 0 radical (unpaired) electrons. The molecule has 0 fully saturated rings. The number of esters is 1. The van der Waals surface area contributed by atoms with E-state index in [1.807, 2.05) is 13.8 Å². The van der Waals surface area contributed by atoms with Gasteiger partial charge in [0.1, 0.15) is 0 Å². The second-order valence-corrected chi connectivity index (χ2v) is 2.72. The van der Waals surface area contributed by atoms with Gasteiger partial charge in [-0.2, -0.15) is 0 Å². The fourth-order valence-corrected chi connectivity index (χ4v) is 0.798. The van der Waals surface area contributed by atoms with Crippen LogP contribution in [0.25, 0.3) is 0 Å². The Kier molecular flexibility index (Phi) is 5.37. The van der Waals surface area contributed by atoms with Gasteiger partial charge in [0, 0.05) is 12.0 Å². The van der Waals surface area contributed by atoms with Crippen LogP contribution in [-0.4, -0.2) is 24.3 Å². The summed E-state index contributed by atoms with van der Waals surface area (Å²) in [5.41, 5.74) is 0. The molecular weight excluding hydrogens is 156 g/mol. The van der Waals surface area contributed by atoms with Crippen LogP contribution < -0.4 is 0 Å². The quantitative estimate of drug-likeness (QED) is 0.510. The minimum Gasteiger partial charge on any atom is -0.466 e. The lowest BCUT2D eigenvalue weighted by Gasteiger charge is -2.11. The van der Waals surface area contributed by atoms with Gasteiger partial charge in [-0.25, -0.2) is 4.79 Å². The summed E-state index contributed by atoms with van der Waals surface area (Å²) >= 11 is 0. The summed E-state index contributed by atoms with van der Waals surface area (Å²) in [4.78, 5) is 10.6. The van der Waals surface area contributed by atoms with E-state index in [0.29, 0.717) is 6.42 Å². The molecule has 1 N–H and O–H groups in total. The largest absolute Gasteiger partial charge is 0.466 e. The highest BCUT2D eigenvalue weighted by molar-refractivity contribution is 5.81. The highest BCUT2D eigenvalue weighted by Crippen LogP contribution is 2.07. The number of hydrogen-bond donors (Lipinski definition) is 1. The van der Waals surface area contributed by atoms with Gasteiger partial charge in [-0.1, -0.05) is 19.9 Å². The zero-order valence-corrected chi connectivity index (χ0v) is 7.78. The maximum absolute atomic E-state index is 10.6. The monoisotopic (exact) mass is 172 g/mol. The van der Waals surface area contributed by atoms with Gasteiger partial charge >= 0.3 is 5.97 Å². The summed E-state index contributed by atoms with van der Waals surface area (Å²) in [6.07, 6.45) is 3.29. The summed E-state index contributed by atoms with van der Waals surface area (Å²) in [5, 5.41) is 9.31. The van der Waals surface area contributed by atoms with Crippen LogP contribution in [0.4, 0.5) is 0 Å². The van der Waals surface area contributed by atoms with E-state index >= 15 is 0 Å². The lowest BCUT2D eigenvalue weighted by molar-refractivity contribution is -0.134. The Morgan fingerprint density at radius 1 is 1.67 bits per heavy atom. The predicted octanol–water partition coefficient (Wildman–Crippen LogP) is 1.12. The maximum Gasteiger partial charge on any atom is 0.330 e. The number of rotatable bonds is 4. The van der Waals surface area contributed by atoms with Crippen LogP contribution in [0.3, 0.4) is 0 Å². The predicted molar refractivity (Wildman–Crippen MR) is 46.6 cm³/mol. The van der Waals surface area contributed by atoms with E-state index in [2.05, 4.69) is 4.74 Å². The van der Waals surface area contributed by atoms with Crippen molar-refractivity contribution in [3.05, 3.63) is 12.2 Å². The minimum atomic E-state index is -0.384. The van der Waals surface area contributed by atoms with Crippen molar-refractivity contribution < 1.29 is 14.6 Å². The van der Waals surface area contributed by atoms with Gasteiger partial charge in [0.15, 0.2) is 0 Å². The van der Waals surface area contributed by atoms with Crippen LogP contribution in [0.2, 0.25) is 0 Å². The summed E-state index contributed by atoms with van der Waals surface area (Å²) in [7, 11) is 1.33. The molecule has 0 spiro atoms. The second kappa shape index (κ2) is 5.77. The molecule has 0 saturated carbocycles. The molecule has 0 aliphatic rings. The van der Waals surface area contributed by atoms with Crippen molar-refractivity contribution in [1.29, 1.82) is 0 Å². The Balaban J connectivity index is 3.90. The topological polar surface area (TPSA) is 46.5 Å². The Hall–Kier alpha value is -0.830. The third-order valence-corrected chi connectivity index (χ3v) is 1.76. The van der Waals surface area contributed by atoms with Gasteiger partial charge in [-0.15, -0.1) is 0 Å². The molecule has 0 bridgehead atoms. The van der Waals surface area contributed by atoms with E-state index in [1.54, 1.807) is 6.08 Å². The molecule has 0 aliphatic carbocycles. The normalized spacial score (nSPS) is 16.0. The Labute approximate surface area is 73.0 Å². The third kappa shape index (κ3) is 4.13. The van der Waals surface area contributed by atoms with Gasteiger partial charge in [-0.3, -0.25) is 0 Å². The van der Waals surface area contributed by atoms with E-state index in [4.69, 9.17) is 0 Å². The molecule has 0 saturated heterocycles. The summed E-state index contributed by atoms with van der Waals surface area (Å²) in [6.45, 7) is 3.75. The molecule has 2 atom stereocenters. The summed E-state index contributed by atoms with van der Waals surface area (Å²) < 4.78 is 4.41. The average molecular weight is 172 g/mol. The van der Waals surface area contributed by atoms with Gasteiger partial charge in [0.2, 0.25) is 0 Å². The smallest absolute Gasteiger partial charge is 0.330 e. The van der Waals surface area contributed by atoms with Gasteiger partial charge in [0.05, 0.1) is 13.2 Å². The number of carbonyl (C=O) groups excluding carboxylic acids is 1. The summed E-state index contributed by atoms with van der Waals surface area (Å²) in [5.74, 6) is -0.390. The van der Waals surface area contributed by atoms with E-state index in [0.717, 1.165) is 0 Å². The zero-order chi connectivity index (χ0) is 9.56. The molecule has 70 valence electrons. The molecule has 0 aliphatic heterocycles. The van der Waals surface area contributed by atoms with Crippen molar-refractivity contribution >= 4 is 5.97 Å². The van der Waals surface area contributed by atoms with E-state index < -0.39 is 0 Å². The van der Waals surface area contributed by atoms with E-state index in [9.17, 15) is 9.90 Å². The number of methoxy groups -OCH3 is 1. The lowest BCUT2D eigenvalue weighted by atomic mass is 10.0. The highest BCUT2D eigenvalue weighted by atomic mass is 16.5. The standard InChI is InChI=1S/C9H16O3/c1-4-8(10)7(2)5-6-9(11)12-3/h5-8,10H,4H2,1-3H3/b6-5+/t7-,8+/m0/s1. The maximum atomic E-state index is 10.6. The highest BCUT2D eigenvalue weighted by Gasteiger charge is 2.08. The van der Waals surface area contributed by atoms with Crippen molar-refractivity contribution in [1.82, 2.24) is 0 Å². The molecule has 0 rings (SSSR count). The first-order valence-electron chi connectivity index (χ1n) is 4.06. The molecule has 0 heterocycles. The van der Waals surface area contributed by atoms with Crippen LogP contribution in [0.15, 0.2) is 12.2 Å². The van der Waals surface area contributed by atoms with Gasteiger partial charge in [-0.05, 0) is 6.42 Å². The van der Waals surface area contributed by atoms with Crippen molar-refractivity contribution in [3.63, 3.8) is 0 Å². The number of carbonyl (C=O) groups is 1. The van der Waals surface area contributed by atoms with Crippen molar-refractivity contribution in [3.8, 4) is 0 Å². The van der Waals surface area contributed by atoms with Crippen LogP contribution in [0.5, 0.6) is 0 Å². The molecule has 0 aromatic rings. The zero-order valence-electron chi connectivity index (χ0n) is 7.78. The molecule has 0 aromatic carbocycles. The molecule has 3 heteroatoms. The number of hydrogen-bond acceptors (Lipinski definition) is 3. The average Bonchev–Trinajstić information content (AvgIpc) is 2.11. The van der Waals surface area contributed by atoms with Crippen molar-refractivity contribution in [2.45, 2.75) is 26.4 Å². The molecule has 0 unspecified atom stereocenters. The second-order valence-electron chi connectivity index (χ2n) is 2.72. The molecule has 0 amide bonds. The van der Waals surface area contributed by atoms with Gasteiger partial charge < -0.3 is 9.84 Å².